The first-order valence-electron chi connectivity index (χ1n) is 11.6. The third kappa shape index (κ3) is 4.18. The number of nitrogens with zero attached hydrogens (tertiary/aromatic N) is 2. The molecule has 1 heterocycles. The van der Waals surface area contributed by atoms with Gasteiger partial charge in [0.05, 0.1) is 0 Å². The molecule has 3 aromatic carbocycles. The molecule has 0 N–H and O–H groups in total. The van der Waals surface area contributed by atoms with Crippen molar-refractivity contribution in [1.29, 1.82) is 0 Å². The lowest BCUT2D eigenvalue weighted by atomic mass is 9.94. The third-order valence-electron chi connectivity index (χ3n) is 6.72. The Morgan fingerprint density at radius 3 is 2.15 bits per heavy atom. The molecule has 0 bridgehead atoms. The maximum Gasteiger partial charge on any atom is 0.255 e. The Balaban J connectivity index is 1.86. The number of anilines is 2. The fraction of sp³-hybridized carbons (Fsp3) is 0.310. The smallest absolute Gasteiger partial charge is 0.255 e. The lowest BCUT2D eigenvalue weighted by Crippen LogP contribution is -2.56. The minimum atomic E-state index is -0.714. The predicted molar refractivity (Wildman–Crippen MR) is 135 cm³/mol. The molecule has 4 nitrogen and oxygen atoms in total. The zero-order chi connectivity index (χ0) is 23.9. The lowest BCUT2D eigenvalue weighted by Gasteiger charge is -2.41. The quantitative estimate of drug-likeness (QED) is 0.487. The summed E-state index contributed by atoms with van der Waals surface area (Å²) >= 11 is 0. The minimum absolute atomic E-state index is 0.0248. The van der Waals surface area contributed by atoms with Crippen LogP contribution in [0.25, 0.3) is 0 Å². The van der Waals surface area contributed by atoms with Crippen LogP contribution in [0, 0.1) is 27.7 Å². The number of rotatable bonds is 4. The van der Waals surface area contributed by atoms with E-state index >= 15 is 0 Å². The molecule has 0 spiro atoms. The second-order valence-electron chi connectivity index (χ2n) is 9.42. The van der Waals surface area contributed by atoms with Crippen LogP contribution in [0.4, 0.5) is 11.4 Å². The zero-order valence-corrected chi connectivity index (χ0v) is 20.3. The lowest BCUT2D eigenvalue weighted by molar-refractivity contribution is -0.128. The number of carbonyl (C=O) groups is 2. The zero-order valence-electron chi connectivity index (χ0n) is 20.3. The van der Waals surface area contributed by atoms with Crippen molar-refractivity contribution in [2.45, 2.75) is 53.5 Å². The van der Waals surface area contributed by atoms with Crippen molar-refractivity contribution in [3.05, 3.63) is 94.0 Å². The van der Waals surface area contributed by atoms with E-state index in [1.54, 1.807) is 9.80 Å². The molecule has 0 aliphatic carbocycles. The van der Waals surface area contributed by atoms with Gasteiger partial charge in [0.2, 0.25) is 5.91 Å². The Morgan fingerprint density at radius 1 is 0.818 bits per heavy atom. The minimum Gasteiger partial charge on any atom is -0.301 e. The molecule has 1 aliphatic rings. The topological polar surface area (TPSA) is 40.6 Å². The number of piperazine rings is 1. The number of carbonyl (C=O) groups excluding carboxylic acids is 2. The fourth-order valence-corrected chi connectivity index (χ4v) is 4.63. The van der Waals surface area contributed by atoms with Crippen molar-refractivity contribution >= 4 is 23.2 Å². The van der Waals surface area contributed by atoms with Crippen LogP contribution in [0.1, 0.15) is 59.2 Å². The van der Waals surface area contributed by atoms with Crippen molar-refractivity contribution in [2.24, 2.45) is 0 Å². The van der Waals surface area contributed by atoms with Gasteiger partial charge in [-0.3, -0.25) is 14.5 Å². The first-order chi connectivity index (χ1) is 15.7. The first kappa shape index (κ1) is 22.8. The summed E-state index contributed by atoms with van der Waals surface area (Å²) in [5.74, 6) is 0.227. The van der Waals surface area contributed by atoms with Crippen LogP contribution in [0.3, 0.4) is 0 Å². The molecule has 1 aliphatic heterocycles. The summed E-state index contributed by atoms with van der Waals surface area (Å²) in [5.41, 5.74) is 7.86. The van der Waals surface area contributed by atoms with Gasteiger partial charge in [-0.05, 0) is 73.6 Å². The average Bonchev–Trinajstić information content (AvgIpc) is 2.77. The number of aryl methyl sites for hydroxylation is 3. The summed E-state index contributed by atoms with van der Waals surface area (Å²) in [6, 6.07) is 19.3. The van der Waals surface area contributed by atoms with Gasteiger partial charge in [0.15, 0.2) is 0 Å². The van der Waals surface area contributed by atoms with E-state index in [1.165, 1.54) is 5.56 Å². The normalized spacial score (nSPS) is 16.6. The molecule has 2 amide bonds. The Hall–Kier alpha value is -3.40. The van der Waals surface area contributed by atoms with Crippen molar-refractivity contribution in [3.8, 4) is 0 Å². The highest BCUT2D eigenvalue weighted by atomic mass is 16.2. The van der Waals surface area contributed by atoms with E-state index in [0.717, 1.165) is 39.2 Å². The van der Waals surface area contributed by atoms with E-state index in [9.17, 15) is 9.59 Å². The molecular formula is C29H32N2O2. The Morgan fingerprint density at radius 2 is 1.52 bits per heavy atom. The molecule has 0 unspecified atom stereocenters. The Kier molecular flexibility index (Phi) is 6.11. The average molecular weight is 441 g/mol. The monoisotopic (exact) mass is 440 g/mol. The van der Waals surface area contributed by atoms with Crippen LogP contribution in [0.15, 0.2) is 60.7 Å². The van der Waals surface area contributed by atoms with Gasteiger partial charge in [-0.1, -0.05) is 67.9 Å². The molecule has 0 saturated carbocycles. The molecule has 33 heavy (non-hydrogen) atoms. The standard InChI is InChI=1S/C29H32N2O2/c1-18(2)23-11-13-24(14-12-23)28-29(33)30(26-9-7-8-20(4)22(26)6)17-27(32)31(28)25-15-10-19(3)16-21(25)5/h7-16,18,28H,17H2,1-6H3/t28-/m0/s1. The van der Waals surface area contributed by atoms with E-state index in [4.69, 9.17) is 0 Å². The third-order valence-corrected chi connectivity index (χ3v) is 6.72. The summed E-state index contributed by atoms with van der Waals surface area (Å²) in [7, 11) is 0. The summed E-state index contributed by atoms with van der Waals surface area (Å²) in [6.45, 7) is 12.4. The second-order valence-corrected chi connectivity index (χ2v) is 9.42. The summed E-state index contributed by atoms with van der Waals surface area (Å²) in [4.78, 5) is 31.1. The maximum atomic E-state index is 14.0. The van der Waals surface area contributed by atoms with Crippen LogP contribution < -0.4 is 9.80 Å². The van der Waals surface area contributed by atoms with Crippen molar-refractivity contribution < 1.29 is 9.59 Å². The number of benzene rings is 3. The van der Waals surface area contributed by atoms with Gasteiger partial charge < -0.3 is 4.90 Å². The first-order valence-corrected chi connectivity index (χ1v) is 11.6. The molecule has 4 heteroatoms. The highest BCUT2D eigenvalue weighted by Crippen LogP contribution is 2.37. The molecule has 3 aromatic rings. The Labute approximate surface area is 196 Å². The van der Waals surface area contributed by atoms with Gasteiger partial charge >= 0.3 is 0 Å². The predicted octanol–water partition coefficient (Wildman–Crippen LogP) is 6.16. The molecule has 1 atom stereocenters. The highest BCUT2D eigenvalue weighted by Gasteiger charge is 2.42. The molecule has 1 fully saturated rings. The van der Waals surface area contributed by atoms with Crippen LogP contribution in [-0.4, -0.2) is 18.4 Å². The van der Waals surface area contributed by atoms with Crippen molar-refractivity contribution in [2.75, 3.05) is 16.3 Å². The number of hydrogen-bond acceptors (Lipinski definition) is 2. The highest BCUT2D eigenvalue weighted by molar-refractivity contribution is 6.15. The van der Waals surface area contributed by atoms with Gasteiger partial charge in [-0.2, -0.15) is 0 Å². The van der Waals surface area contributed by atoms with Crippen molar-refractivity contribution in [3.63, 3.8) is 0 Å². The van der Waals surface area contributed by atoms with Crippen LogP contribution in [0.2, 0.25) is 0 Å². The summed E-state index contributed by atoms with van der Waals surface area (Å²) in [5, 5.41) is 0. The van der Waals surface area contributed by atoms with Crippen LogP contribution in [0.5, 0.6) is 0 Å². The van der Waals surface area contributed by atoms with Gasteiger partial charge in [0.25, 0.3) is 5.91 Å². The van der Waals surface area contributed by atoms with Crippen LogP contribution >= 0.6 is 0 Å². The van der Waals surface area contributed by atoms with E-state index in [1.807, 2.05) is 70.2 Å². The molecule has 0 aromatic heterocycles. The molecular weight excluding hydrogens is 408 g/mol. The maximum absolute atomic E-state index is 14.0. The van der Waals surface area contributed by atoms with E-state index in [0.29, 0.717) is 5.92 Å². The van der Waals surface area contributed by atoms with Crippen molar-refractivity contribution in [1.82, 2.24) is 0 Å². The van der Waals surface area contributed by atoms with Gasteiger partial charge in [-0.25, -0.2) is 0 Å². The van der Waals surface area contributed by atoms with E-state index in [-0.39, 0.29) is 18.4 Å². The molecule has 170 valence electrons. The van der Waals surface area contributed by atoms with Gasteiger partial charge in [-0.15, -0.1) is 0 Å². The summed E-state index contributed by atoms with van der Waals surface area (Å²) in [6.07, 6.45) is 0. The molecule has 1 saturated heterocycles. The van der Waals surface area contributed by atoms with E-state index < -0.39 is 6.04 Å². The van der Waals surface area contributed by atoms with Gasteiger partial charge in [0.1, 0.15) is 12.6 Å². The number of hydrogen-bond donors (Lipinski definition) is 0. The summed E-state index contributed by atoms with van der Waals surface area (Å²) < 4.78 is 0. The number of amides is 2. The Bertz CT molecular complexity index is 1210. The largest absolute Gasteiger partial charge is 0.301 e. The van der Waals surface area contributed by atoms with Crippen LogP contribution in [-0.2, 0) is 9.59 Å². The SMILES string of the molecule is Cc1ccc(N2C(=O)CN(c3cccc(C)c3C)C(=O)[C@@H]2c2ccc(C(C)C)cc2)c(C)c1. The molecule has 0 radical (unpaired) electrons. The molecule has 4 rings (SSSR count). The fourth-order valence-electron chi connectivity index (χ4n) is 4.63. The van der Waals surface area contributed by atoms with E-state index in [2.05, 4.69) is 32.0 Å². The van der Waals surface area contributed by atoms with Gasteiger partial charge in [0, 0.05) is 11.4 Å². The second kappa shape index (κ2) is 8.86.